The van der Waals surface area contributed by atoms with Crippen LogP contribution in [-0.4, -0.2) is 36.1 Å². The number of aromatic nitrogens is 1. The minimum Gasteiger partial charge on any atom is -0.399 e. The molecule has 5 rings (SSSR count). The molecule has 0 spiro atoms. The zero-order valence-electron chi connectivity index (χ0n) is 23.2. The Hall–Kier alpha value is -2.41. The monoisotopic (exact) mass is 533 g/mol. The van der Waals surface area contributed by atoms with Gasteiger partial charge in [-0.15, -0.1) is 0 Å². The van der Waals surface area contributed by atoms with E-state index in [-0.39, 0.29) is 6.16 Å². The van der Waals surface area contributed by atoms with Gasteiger partial charge in [-0.2, -0.15) is 0 Å². The molecule has 3 aromatic carbocycles. The second-order valence-corrected chi connectivity index (χ2v) is 12.9. The first-order chi connectivity index (χ1) is 18.1. The van der Waals surface area contributed by atoms with Crippen LogP contribution in [0.5, 0.6) is 0 Å². The van der Waals surface area contributed by atoms with Crippen molar-refractivity contribution in [1.29, 1.82) is 0 Å². The van der Waals surface area contributed by atoms with Gasteiger partial charge in [0.25, 0.3) is 0 Å². The molecular weight excluding hydrogens is 496 g/mol. The number of hydrogen-bond donors (Lipinski definition) is 0. The molecule has 0 N–H and O–H groups in total. The van der Waals surface area contributed by atoms with E-state index in [2.05, 4.69) is 86.9 Å². The molecule has 38 heavy (non-hydrogen) atoms. The van der Waals surface area contributed by atoms with Crippen molar-refractivity contribution in [3.63, 3.8) is 0 Å². The molecule has 1 aliphatic rings. The summed E-state index contributed by atoms with van der Waals surface area (Å²) in [5.74, 6) is 0. The van der Waals surface area contributed by atoms with Crippen molar-refractivity contribution in [3.05, 3.63) is 77.9 Å². The van der Waals surface area contributed by atoms with Crippen molar-refractivity contribution in [2.45, 2.75) is 65.5 Å². The highest BCUT2D eigenvalue weighted by molar-refractivity contribution is 7.53. The predicted molar refractivity (Wildman–Crippen MR) is 155 cm³/mol. The molecular formula is C30H37BNO5P. The Morgan fingerprint density at radius 1 is 0.789 bits per heavy atom. The average Bonchev–Trinajstić information content (AvgIpc) is 3.30. The van der Waals surface area contributed by atoms with Crippen molar-refractivity contribution < 1.29 is 22.9 Å². The van der Waals surface area contributed by atoms with Gasteiger partial charge in [-0.25, -0.2) is 0 Å². The summed E-state index contributed by atoms with van der Waals surface area (Å²) in [6.07, 6.45) is 0.266. The van der Waals surface area contributed by atoms with Crippen molar-refractivity contribution >= 4 is 42.0 Å². The molecule has 1 aromatic heterocycles. The van der Waals surface area contributed by atoms with Gasteiger partial charge in [-0.3, -0.25) is 4.57 Å². The van der Waals surface area contributed by atoms with Crippen molar-refractivity contribution in [1.82, 2.24) is 4.57 Å². The minimum absolute atomic E-state index is 0.266. The lowest BCUT2D eigenvalue weighted by Crippen LogP contribution is -2.41. The third-order valence-electron chi connectivity index (χ3n) is 7.73. The summed E-state index contributed by atoms with van der Waals surface area (Å²) < 4.78 is 39.2. The van der Waals surface area contributed by atoms with Crippen LogP contribution in [0.1, 0.15) is 52.7 Å². The molecule has 1 saturated heterocycles. The molecule has 0 amide bonds. The van der Waals surface area contributed by atoms with E-state index in [1.165, 1.54) is 5.39 Å². The second-order valence-electron chi connectivity index (χ2n) is 10.9. The number of benzene rings is 3. The van der Waals surface area contributed by atoms with Gasteiger partial charge in [0.1, 0.15) is 0 Å². The Kier molecular flexibility index (Phi) is 7.36. The van der Waals surface area contributed by atoms with E-state index in [0.29, 0.717) is 19.8 Å². The summed E-state index contributed by atoms with van der Waals surface area (Å²) in [5.41, 5.74) is 4.62. The fraction of sp³-hybridized carbons (Fsp3) is 0.400. The third-order valence-corrected chi connectivity index (χ3v) is 9.78. The Balaban J connectivity index is 1.50. The molecule has 0 radical (unpaired) electrons. The number of hydrogen-bond acceptors (Lipinski definition) is 5. The van der Waals surface area contributed by atoms with Crippen LogP contribution < -0.4 is 5.46 Å². The molecule has 2 heterocycles. The van der Waals surface area contributed by atoms with Crippen molar-refractivity contribution in [2.24, 2.45) is 0 Å². The van der Waals surface area contributed by atoms with Crippen LogP contribution in [0, 0.1) is 0 Å². The minimum atomic E-state index is -3.14. The summed E-state index contributed by atoms with van der Waals surface area (Å²) in [6, 6.07) is 23.1. The smallest absolute Gasteiger partial charge is 0.399 e. The average molecular weight is 533 g/mol. The van der Waals surface area contributed by atoms with Crippen LogP contribution in [0.4, 0.5) is 0 Å². The van der Waals surface area contributed by atoms with Gasteiger partial charge in [0, 0.05) is 28.4 Å². The van der Waals surface area contributed by atoms with Crippen LogP contribution in [0.3, 0.4) is 0 Å². The fourth-order valence-corrected chi connectivity index (χ4v) is 6.84. The summed E-state index contributed by atoms with van der Waals surface area (Å²) >= 11 is 0. The highest BCUT2D eigenvalue weighted by Gasteiger charge is 2.52. The molecule has 1 aliphatic heterocycles. The standard InChI is InChI=1S/C30H37BNO5P/c1-7-34-38(33,35-8-2)21-23-18-16-22(17-19-23)20-32-26-14-10-9-12-24(26)28-25(13-11-15-27(28)32)31-36-29(3,4)30(5,6)37-31/h9-19H,7-8,20-21H2,1-6H3. The number of rotatable bonds is 9. The maximum Gasteiger partial charge on any atom is 0.495 e. The molecule has 4 aromatic rings. The Bertz CT molecular complexity index is 1470. The van der Waals surface area contributed by atoms with Crippen molar-refractivity contribution in [2.75, 3.05) is 13.2 Å². The van der Waals surface area contributed by atoms with Gasteiger partial charge in [-0.05, 0) is 70.3 Å². The van der Waals surface area contributed by atoms with Crippen LogP contribution in [0.15, 0.2) is 66.7 Å². The normalized spacial score (nSPS) is 17.1. The number of para-hydroxylation sites is 1. The van der Waals surface area contributed by atoms with Gasteiger partial charge in [0.2, 0.25) is 0 Å². The lowest BCUT2D eigenvalue weighted by molar-refractivity contribution is 0.00578. The first-order valence-electron chi connectivity index (χ1n) is 13.4. The van der Waals surface area contributed by atoms with E-state index in [9.17, 15) is 4.57 Å². The third kappa shape index (κ3) is 4.99. The van der Waals surface area contributed by atoms with Crippen molar-refractivity contribution in [3.8, 4) is 0 Å². The molecule has 0 aliphatic carbocycles. The van der Waals surface area contributed by atoms with Crippen LogP contribution in [0.25, 0.3) is 21.8 Å². The van der Waals surface area contributed by atoms with Gasteiger partial charge in [-0.1, -0.05) is 54.6 Å². The quantitative estimate of drug-likeness (QED) is 0.173. The molecule has 0 unspecified atom stereocenters. The fourth-order valence-electron chi connectivity index (χ4n) is 5.14. The summed E-state index contributed by atoms with van der Waals surface area (Å²) in [5, 5.41) is 2.34. The first-order valence-corrected chi connectivity index (χ1v) is 15.1. The van der Waals surface area contributed by atoms with Crippen LogP contribution >= 0.6 is 7.60 Å². The van der Waals surface area contributed by atoms with Crippen LogP contribution in [0.2, 0.25) is 0 Å². The number of fused-ring (bicyclic) bond motifs is 3. The molecule has 6 nitrogen and oxygen atoms in total. The lowest BCUT2D eigenvalue weighted by atomic mass is 9.76. The Morgan fingerprint density at radius 3 is 2.00 bits per heavy atom. The maximum absolute atomic E-state index is 13.0. The Morgan fingerprint density at radius 2 is 1.37 bits per heavy atom. The van der Waals surface area contributed by atoms with E-state index >= 15 is 0 Å². The second kappa shape index (κ2) is 10.3. The molecule has 1 fully saturated rings. The summed E-state index contributed by atoms with van der Waals surface area (Å²) in [6.45, 7) is 13.4. The molecule has 0 bridgehead atoms. The SMILES string of the molecule is CCOP(=O)(Cc1ccc(Cn2c3ccccc3c3c(B4OC(C)(C)C(C)(C)O4)cccc32)cc1)OCC. The van der Waals surface area contributed by atoms with Gasteiger partial charge < -0.3 is 22.9 Å². The highest BCUT2D eigenvalue weighted by atomic mass is 31.2. The van der Waals surface area contributed by atoms with Gasteiger partial charge in [0.05, 0.1) is 30.6 Å². The maximum atomic E-state index is 13.0. The largest absolute Gasteiger partial charge is 0.495 e. The zero-order chi connectivity index (χ0) is 27.1. The predicted octanol–water partition coefficient (Wildman–Crippen LogP) is 6.91. The molecule has 200 valence electrons. The lowest BCUT2D eigenvalue weighted by Gasteiger charge is -2.32. The molecule has 0 atom stereocenters. The van der Waals surface area contributed by atoms with E-state index in [0.717, 1.165) is 33.0 Å². The zero-order valence-corrected chi connectivity index (χ0v) is 24.1. The van der Waals surface area contributed by atoms with Gasteiger partial charge in [0.15, 0.2) is 0 Å². The first kappa shape index (κ1) is 27.2. The summed E-state index contributed by atoms with van der Waals surface area (Å²) in [4.78, 5) is 0. The topological polar surface area (TPSA) is 58.9 Å². The molecule has 8 heteroatoms. The van der Waals surface area contributed by atoms with Gasteiger partial charge >= 0.3 is 14.7 Å². The summed E-state index contributed by atoms with van der Waals surface area (Å²) in [7, 11) is -3.58. The molecule has 0 saturated carbocycles. The van der Waals surface area contributed by atoms with Crippen LogP contribution in [-0.2, 0) is 35.6 Å². The van der Waals surface area contributed by atoms with E-state index < -0.39 is 25.9 Å². The van der Waals surface area contributed by atoms with E-state index in [4.69, 9.17) is 18.4 Å². The highest BCUT2D eigenvalue weighted by Crippen LogP contribution is 2.51. The number of nitrogens with zero attached hydrogens (tertiary/aromatic N) is 1. The van der Waals surface area contributed by atoms with E-state index in [1.54, 1.807) is 0 Å². The Labute approximate surface area is 225 Å². The van der Waals surface area contributed by atoms with E-state index in [1.807, 2.05) is 26.0 Å².